The van der Waals surface area contributed by atoms with Crippen molar-refractivity contribution in [1.29, 1.82) is 0 Å². The molecule has 0 saturated heterocycles. The highest BCUT2D eigenvalue weighted by molar-refractivity contribution is 6.31. The number of phenolic OH excluding ortho intramolecular Hbond substituents is 1. The molecule has 3 aromatic carbocycles. The topological polar surface area (TPSA) is 59.7 Å². The Bertz CT molecular complexity index is 1150. The van der Waals surface area contributed by atoms with E-state index in [0.29, 0.717) is 21.7 Å². The van der Waals surface area contributed by atoms with Gasteiger partial charge in [0.1, 0.15) is 34.7 Å². The van der Waals surface area contributed by atoms with Crippen LogP contribution in [0.2, 0.25) is 5.02 Å². The molecule has 0 bridgehead atoms. The monoisotopic (exact) mass is 352 g/mol. The first-order chi connectivity index (χ1) is 12.1. The zero-order valence-corrected chi connectivity index (χ0v) is 13.8. The third-order valence-electron chi connectivity index (χ3n) is 3.99. The van der Waals surface area contributed by atoms with E-state index < -0.39 is 0 Å². The summed E-state index contributed by atoms with van der Waals surface area (Å²) >= 11 is 6.11. The number of fused-ring (bicyclic) bond motifs is 2. The summed E-state index contributed by atoms with van der Waals surface area (Å²) in [5.74, 6) is 0.217. The summed E-state index contributed by atoms with van der Waals surface area (Å²) in [4.78, 5) is 12.6. The van der Waals surface area contributed by atoms with Crippen molar-refractivity contribution in [3.05, 3.63) is 81.5 Å². The van der Waals surface area contributed by atoms with Gasteiger partial charge in [-0.25, -0.2) is 0 Å². The first kappa shape index (κ1) is 15.5. The van der Waals surface area contributed by atoms with E-state index in [-0.39, 0.29) is 28.8 Å². The standard InChI is InChI=1S/C20H13ClO4/c21-15-7-3-1-5-12(15)11-24-13-9-16(22)19-18(10-13)25-17-8-4-2-6-14(17)20(19)23/h1-10,22H,11H2. The van der Waals surface area contributed by atoms with E-state index >= 15 is 0 Å². The summed E-state index contributed by atoms with van der Waals surface area (Å²) in [5, 5.41) is 11.4. The second-order valence-corrected chi connectivity index (χ2v) is 6.03. The van der Waals surface area contributed by atoms with Gasteiger partial charge in [0.25, 0.3) is 0 Å². The van der Waals surface area contributed by atoms with Crippen LogP contribution < -0.4 is 10.2 Å². The van der Waals surface area contributed by atoms with Gasteiger partial charge in [0, 0.05) is 22.7 Å². The van der Waals surface area contributed by atoms with Crippen LogP contribution in [-0.4, -0.2) is 5.11 Å². The lowest BCUT2D eigenvalue weighted by atomic mass is 10.1. The Kier molecular flexibility index (Phi) is 3.82. The Labute approximate surface area is 147 Å². The maximum atomic E-state index is 12.6. The zero-order chi connectivity index (χ0) is 17.4. The van der Waals surface area contributed by atoms with Gasteiger partial charge in [0.15, 0.2) is 0 Å². The summed E-state index contributed by atoms with van der Waals surface area (Å²) < 4.78 is 11.5. The van der Waals surface area contributed by atoms with Crippen molar-refractivity contribution < 1.29 is 14.3 Å². The Hall–Kier alpha value is -2.98. The number of para-hydroxylation sites is 1. The van der Waals surface area contributed by atoms with Crippen molar-refractivity contribution >= 4 is 33.5 Å². The van der Waals surface area contributed by atoms with E-state index in [9.17, 15) is 9.90 Å². The van der Waals surface area contributed by atoms with Gasteiger partial charge in [-0.1, -0.05) is 41.9 Å². The van der Waals surface area contributed by atoms with Gasteiger partial charge >= 0.3 is 0 Å². The van der Waals surface area contributed by atoms with Crippen molar-refractivity contribution in [3.8, 4) is 11.5 Å². The Morgan fingerprint density at radius 2 is 1.76 bits per heavy atom. The van der Waals surface area contributed by atoms with Crippen LogP contribution in [0.25, 0.3) is 21.9 Å². The van der Waals surface area contributed by atoms with Crippen LogP contribution >= 0.6 is 11.6 Å². The van der Waals surface area contributed by atoms with Crippen LogP contribution in [-0.2, 0) is 6.61 Å². The van der Waals surface area contributed by atoms with Gasteiger partial charge in [-0.05, 0) is 18.2 Å². The predicted octanol–water partition coefficient (Wildman–Crippen LogP) is 4.88. The van der Waals surface area contributed by atoms with Crippen molar-refractivity contribution in [2.45, 2.75) is 6.61 Å². The van der Waals surface area contributed by atoms with E-state index in [1.165, 1.54) is 6.07 Å². The van der Waals surface area contributed by atoms with E-state index in [1.54, 1.807) is 36.4 Å². The first-order valence-corrected chi connectivity index (χ1v) is 8.06. The third kappa shape index (κ3) is 2.81. The minimum atomic E-state index is -0.271. The molecule has 1 aromatic heterocycles. The van der Waals surface area contributed by atoms with Gasteiger partial charge in [-0.2, -0.15) is 0 Å². The van der Waals surface area contributed by atoms with Crippen LogP contribution in [0.1, 0.15) is 5.56 Å². The number of hydrogen-bond donors (Lipinski definition) is 1. The van der Waals surface area contributed by atoms with Gasteiger partial charge in [0.05, 0.1) is 5.39 Å². The van der Waals surface area contributed by atoms with E-state index in [0.717, 1.165) is 5.56 Å². The van der Waals surface area contributed by atoms with Crippen LogP contribution in [0.3, 0.4) is 0 Å². The van der Waals surface area contributed by atoms with Gasteiger partial charge in [-0.3, -0.25) is 4.79 Å². The number of phenols is 1. The van der Waals surface area contributed by atoms with E-state index in [2.05, 4.69) is 0 Å². The summed E-state index contributed by atoms with van der Waals surface area (Å²) in [5.41, 5.74) is 1.29. The number of aromatic hydroxyl groups is 1. The van der Waals surface area contributed by atoms with Crippen molar-refractivity contribution in [3.63, 3.8) is 0 Å². The van der Waals surface area contributed by atoms with Gasteiger partial charge in [0.2, 0.25) is 5.43 Å². The number of benzene rings is 3. The lowest BCUT2D eigenvalue weighted by molar-refractivity contribution is 0.304. The Morgan fingerprint density at radius 1 is 1.00 bits per heavy atom. The molecule has 0 amide bonds. The average molecular weight is 353 g/mol. The molecule has 0 aliphatic carbocycles. The molecule has 0 spiro atoms. The smallest absolute Gasteiger partial charge is 0.204 e. The molecule has 25 heavy (non-hydrogen) atoms. The highest BCUT2D eigenvalue weighted by Crippen LogP contribution is 2.31. The lowest BCUT2D eigenvalue weighted by Gasteiger charge is -2.10. The largest absolute Gasteiger partial charge is 0.507 e. The molecule has 1 heterocycles. The minimum absolute atomic E-state index is 0.142. The van der Waals surface area contributed by atoms with Crippen molar-refractivity contribution in [1.82, 2.24) is 0 Å². The summed E-state index contributed by atoms with van der Waals surface area (Å²) in [6.07, 6.45) is 0. The second-order valence-electron chi connectivity index (χ2n) is 5.62. The molecule has 1 N–H and O–H groups in total. The normalized spacial score (nSPS) is 11.1. The maximum Gasteiger partial charge on any atom is 0.204 e. The molecular formula is C20H13ClO4. The summed E-state index contributed by atoms with van der Waals surface area (Å²) in [7, 11) is 0. The molecule has 4 rings (SSSR count). The molecule has 0 unspecified atom stereocenters. The molecule has 0 aliphatic heterocycles. The molecule has 0 aliphatic rings. The molecule has 0 atom stereocenters. The number of hydrogen-bond acceptors (Lipinski definition) is 4. The highest BCUT2D eigenvalue weighted by Gasteiger charge is 2.13. The quantitative estimate of drug-likeness (QED) is 0.533. The SMILES string of the molecule is O=c1c2ccccc2oc2cc(OCc3ccccc3Cl)cc(O)c12. The molecule has 124 valence electrons. The van der Waals surface area contributed by atoms with Gasteiger partial charge < -0.3 is 14.3 Å². The van der Waals surface area contributed by atoms with Crippen LogP contribution in [0, 0.1) is 0 Å². The maximum absolute atomic E-state index is 12.6. The summed E-state index contributed by atoms with van der Waals surface area (Å²) in [6, 6.07) is 17.3. The molecular weight excluding hydrogens is 340 g/mol. The van der Waals surface area contributed by atoms with Crippen LogP contribution in [0.15, 0.2) is 69.9 Å². The molecule has 0 radical (unpaired) electrons. The Balaban J connectivity index is 1.78. The summed E-state index contributed by atoms with van der Waals surface area (Å²) in [6.45, 7) is 0.239. The number of rotatable bonds is 3. The highest BCUT2D eigenvalue weighted by atomic mass is 35.5. The van der Waals surface area contributed by atoms with Crippen molar-refractivity contribution in [2.75, 3.05) is 0 Å². The zero-order valence-electron chi connectivity index (χ0n) is 13.0. The van der Waals surface area contributed by atoms with E-state index in [4.69, 9.17) is 20.8 Å². The van der Waals surface area contributed by atoms with Crippen molar-refractivity contribution in [2.24, 2.45) is 0 Å². The number of ether oxygens (including phenoxy) is 1. The van der Waals surface area contributed by atoms with Gasteiger partial charge in [-0.15, -0.1) is 0 Å². The molecule has 4 aromatic rings. The van der Waals surface area contributed by atoms with Crippen LogP contribution in [0.4, 0.5) is 0 Å². The number of halogens is 1. The fourth-order valence-corrected chi connectivity index (χ4v) is 2.93. The fourth-order valence-electron chi connectivity index (χ4n) is 2.74. The fraction of sp³-hybridized carbons (Fsp3) is 0.0500. The molecule has 4 nitrogen and oxygen atoms in total. The third-order valence-corrected chi connectivity index (χ3v) is 4.35. The van der Waals surface area contributed by atoms with Crippen LogP contribution in [0.5, 0.6) is 11.5 Å². The average Bonchev–Trinajstić information content (AvgIpc) is 2.61. The molecule has 0 saturated carbocycles. The van der Waals surface area contributed by atoms with E-state index in [1.807, 2.05) is 18.2 Å². The molecule has 5 heteroatoms. The Morgan fingerprint density at radius 3 is 2.60 bits per heavy atom. The minimum Gasteiger partial charge on any atom is -0.507 e. The molecule has 0 fully saturated rings. The lowest BCUT2D eigenvalue weighted by Crippen LogP contribution is -2.03. The second kappa shape index (κ2) is 6.15. The predicted molar refractivity (Wildman–Crippen MR) is 97.4 cm³/mol. The first-order valence-electron chi connectivity index (χ1n) is 7.68.